The Morgan fingerprint density at radius 3 is 2.89 bits per heavy atom. The van der Waals surface area contributed by atoms with Crippen molar-refractivity contribution in [1.29, 1.82) is 0 Å². The number of fused-ring (bicyclic) bond motifs is 2. The molecule has 0 fully saturated rings. The van der Waals surface area contributed by atoms with E-state index in [2.05, 4.69) is 54.4 Å². The van der Waals surface area contributed by atoms with Crippen LogP contribution in [0.4, 0.5) is 0 Å². The van der Waals surface area contributed by atoms with Gasteiger partial charge < -0.3 is 10.1 Å². The number of hydrogen-bond donors (Lipinski definition) is 1. The van der Waals surface area contributed by atoms with Gasteiger partial charge in [0.15, 0.2) is 0 Å². The second-order valence-corrected chi connectivity index (χ2v) is 7.83. The first-order chi connectivity index (χ1) is 13.7. The molecule has 0 bridgehead atoms. The van der Waals surface area contributed by atoms with Crippen LogP contribution in [0.2, 0.25) is 0 Å². The van der Waals surface area contributed by atoms with Gasteiger partial charge in [0.1, 0.15) is 5.75 Å². The van der Waals surface area contributed by atoms with Crippen LogP contribution in [0.15, 0.2) is 36.4 Å². The predicted molar refractivity (Wildman–Crippen MR) is 112 cm³/mol. The average molecular weight is 379 g/mol. The second kappa shape index (κ2) is 8.36. The van der Waals surface area contributed by atoms with Crippen molar-refractivity contribution >= 4 is 5.91 Å². The number of ether oxygens (including phenoxy) is 1. The van der Waals surface area contributed by atoms with Gasteiger partial charge in [0.05, 0.1) is 18.2 Å². The Labute approximate surface area is 167 Å². The molecule has 0 aliphatic carbocycles. The second-order valence-electron chi connectivity index (χ2n) is 7.83. The van der Waals surface area contributed by atoms with E-state index in [0.29, 0.717) is 18.7 Å². The van der Waals surface area contributed by atoms with Crippen LogP contribution in [0.3, 0.4) is 0 Å². The first kappa shape index (κ1) is 19.0. The number of unbranched alkanes of at least 4 members (excludes halogenated alkanes) is 1. The van der Waals surface area contributed by atoms with Gasteiger partial charge in [-0.15, -0.1) is 0 Å². The molecule has 4 rings (SSSR count). The molecule has 28 heavy (non-hydrogen) atoms. The number of carbonyl (C=O) groups is 1. The number of nitrogens with one attached hydrogen (secondary N) is 1. The van der Waals surface area contributed by atoms with E-state index in [0.717, 1.165) is 31.7 Å². The standard InChI is InChI=1S/C24H30N2O2/c1-3-5-11-26-16-19-8-6-7-9-20(19)22(26)15-25-24(27)21-14-17(4-2)13-18-10-12-28-23(18)21/h6-9,13-14,22H,3-5,10-12,15-16H2,1-2H3,(H,25,27)/t22-/m1/s1. The van der Waals surface area contributed by atoms with Crippen molar-refractivity contribution in [3.8, 4) is 5.75 Å². The molecule has 0 saturated carbocycles. The van der Waals surface area contributed by atoms with Crippen LogP contribution < -0.4 is 10.1 Å². The summed E-state index contributed by atoms with van der Waals surface area (Å²) in [4.78, 5) is 15.6. The molecule has 1 amide bonds. The molecule has 4 heteroatoms. The Balaban J connectivity index is 1.52. The third-order valence-electron chi connectivity index (χ3n) is 5.98. The van der Waals surface area contributed by atoms with Crippen molar-refractivity contribution in [3.63, 3.8) is 0 Å². The first-order valence-corrected chi connectivity index (χ1v) is 10.6. The third kappa shape index (κ3) is 3.66. The SMILES string of the molecule is CCCCN1Cc2ccccc2[C@H]1CNC(=O)c1cc(CC)cc2c1OCC2. The molecule has 0 aromatic heterocycles. The number of hydrogen-bond acceptors (Lipinski definition) is 3. The summed E-state index contributed by atoms with van der Waals surface area (Å²) in [6.45, 7) is 7.69. The number of aryl methyl sites for hydroxylation is 1. The minimum Gasteiger partial charge on any atom is -0.492 e. The monoisotopic (exact) mass is 378 g/mol. The van der Waals surface area contributed by atoms with Crippen LogP contribution in [-0.4, -0.2) is 30.5 Å². The van der Waals surface area contributed by atoms with Crippen LogP contribution in [0.1, 0.15) is 65.3 Å². The molecule has 0 spiro atoms. The van der Waals surface area contributed by atoms with Crippen LogP contribution in [0, 0.1) is 0 Å². The lowest BCUT2D eigenvalue weighted by Crippen LogP contribution is -2.35. The van der Waals surface area contributed by atoms with Crippen LogP contribution in [0.5, 0.6) is 5.75 Å². The zero-order chi connectivity index (χ0) is 19.5. The lowest BCUT2D eigenvalue weighted by molar-refractivity contribution is 0.0932. The Bertz CT molecular complexity index is 862. The molecule has 4 nitrogen and oxygen atoms in total. The number of carbonyl (C=O) groups excluding carboxylic acids is 1. The molecule has 2 aromatic rings. The average Bonchev–Trinajstić information content (AvgIpc) is 3.33. The van der Waals surface area contributed by atoms with Crippen molar-refractivity contribution in [2.45, 2.75) is 52.1 Å². The summed E-state index contributed by atoms with van der Waals surface area (Å²) in [6, 6.07) is 13.0. The van der Waals surface area contributed by atoms with E-state index in [1.807, 2.05) is 6.07 Å². The molecule has 0 unspecified atom stereocenters. The number of rotatable bonds is 7. The lowest BCUT2D eigenvalue weighted by atomic mass is 10.0. The maximum atomic E-state index is 13.1. The first-order valence-electron chi connectivity index (χ1n) is 10.6. The highest BCUT2D eigenvalue weighted by Gasteiger charge is 2.30. The summed E-state index contributed by atoms with van der Waals surface area (Å²) in [6.07, 6.45) is 4.18. The quantitative estimate of drug-likeness (QED) is 0.782. The van der Waals surface area contributed by atoms with Crippen molar-refractivity contribution in [2.24, 2.45) is 0 Å². The van der Waals surface area contributed by atoms with Gasteiger partial charge in [0, 0.05) is 19.5 Å². The van der Waals surface area contributed by atoms with E-state index in [1.165, 1.54) is 35.1 Å². The van der Waals surface area contributed by atoms with Crippen LogP contribution in [0.25, 0.3) is 0 Å². The van der Waals surface area contributed by atoms with Crippen molar-refractivity contribution in [2.75, 3.05) is 19.7 Å². The zero-order valence-corrected chi connectivity index (χ0v) is 17.0. The molecule has 0 radical (unpaired) electrons. The summed E-state index contributed by atoms with van der Waals surface area (Å²) < 4.78 is 5.78. The highest BCUT2D eigenvalue weighted by Crippen LogP contribution is 2.34. The Hall–Kier alpha value is -2.33. The normalized spacial score (nSPS) is 17.9. The van der Waals surface area contributed by atoms with Gasteiger partial charge in [-0.3, -0.25) is 9.69 Å². The van der Waals surface area contributed by atoms with Crippen molar-refractivity contribution < 1.29 is 9.53 Å². The molecule has 2 aliphatic heterocycles. The minimum atomic E-state index is -0.0201. The van der Waals surface area contributed by atoms with Crippen molar-refractivity contribution in [1.82, 2.24) is 10.2 Å². The number of amides is 1. The fourth-order valence-electron chi connectivity index (χ4n) is 4.40. The Kier molecular flexibility index (Phi) is 5.67. The molecular weight excluding hydrogens is 348 g/mol. The smallest absolute Gasteiger partial charge is 0.255 e. The van der Waals surface area contributed by atoms with E-state index >= 15 is 0 Å². The highest BCUT2D eigenvalue weighted by molar-refractivity contribution is 5.97. The number of benzene rings is 2. The van der Waals surface area contributed by atoms with E-state index in [9.17, 15) is 4.79 Å². The zero-order valence-electron chi connectivity index (χ0n) is 17.0. The Morgan fingerprint density at radius 1 is 1.21 bits per heavy atom. The maximum absolute atomic E-state index is 13.1. The summed E-state index contributed by atoms with van der Waals surface area (Å²) in [5, 5.41) is 3.21. The topological polar surface area (TPSA) is 41.6 Å². The molecule has 2 aromatic carbocycles. The summed E-state index contributed by atoms with van der Waals surface area (Å²) >= 11 is 0. The minimum absolute atomic E-state index is 0.0201. The van der Waals surface area contributed by atoms with Gasteiger partial charge in [-0.25, -0.2) is 0 Å². The molecule has 0 saturated heterocycles. The third-order valence-corrected chi connectivity index (χ3v) is 5.98. The summed E-state index contributed by atoms with van der Waals surface area (Å²) in [5.41, 5.74) is 5.79. The van der Waals surface area contributed by atoms with Gasteiger partial charge >= 0.3 is 0 Å². The van der Waals surface area contributed by atoms with E-state index < -0.39 is 0 Å². The van der Waals surface area contributed by atoms with Crippen LogP contribution in [-0.2, 0) is 19.4 Å². The van der Waals surface area contributed by atoms with E-state index in [4.69, 9.17) is 4.74 Å². The van der Waals surface area contributed by atoms with E-state index in [1.54, 1.807) is 0 Å². The molecule has 148 valence electrons. The van der Waals surface area contributed by atoms with Gasteiger partial charge in [-0.2, -0.15) is 0 Å². The van der Waals surface area contributed by atoms with Gasteiger partial charge in [0.25, 0.3) is 5.91 Å². The molecular formula is C24H30N2O2. The Morgan fingerprint density at radius 2 is 2.07 bits per heavy atom. The number of nitrogens with zero attached hydrogens (tertiary/aromatic N) is 1. The largest absolute Gasteiger partial charge is 0.492 e. The molecule has 1 atom stereocenters. The van der Waals surface area contributed by atoms with Gasteiger partial charge in [-0.05, 0) is 47.7 Å². The fourth-order valence-corrected chi connectivity index (χ4v) is 4.40. The predicted octanol–water partition coefficient (Wildman–Crippen LogP) is 4.27. The van der Waals surface area contributed by atoms with Crippen LogP contribution >= 0.6 is 0 Å². The highest BCUT2D eigenvalue weighted by atomic mass is 16.5. The molecule has 2 heterocycles. The lowest BCUT2D eigenvalue weighted by Gasteiger charge is -2.25. The van der Waals surface area contributed by atoms with E-state index in [-0.39, 0.29) is 11.9 Å². The summed E-state index contributed by atoms with van der Waals surface area (Å²) in [7, 11) is 0. The molecule has 2 aliphatic rings. The van der Waals surface area contributed by atoms with Gasteiger partial charge in [-0.1, -0.05) is 50.6 Å². The maximum Gasteiger partial charge on any atom is 0.255 e. The van der Waals surface area contributed by atoms with Gasteiger partial charge in [0.2, 0.25) is 0 Å². The fraction of sp³-hybridized carbons (Fsp3) is 0.458. The summed E-state index contributed by atoms with van der Waals surface area (Å²) in [5.74, 6) is 0.762. The van der Waals surface area contributed by atoms with Crippen molar-refractivity contribution in [3.05, 3.63) is 64.2 Å². The molecule has 1 N–H and O–H groups in total.